The van der Waals surface area contributed by atoms with Crippen molar-refractivity contribution in [3.05, 3.63) is 64.2 Å². The molecular weight excluding hydrogens is 340 g/mol. The van der Waals surface area contributed by atoms with Crippen molar-refractivity contribution < 1.29 is 9.59 Å². The molecule has 1 saturated heterocycles. The maximum Gasteiger partial charge on any atom is 0.263 e. The molecule has 0 unspecified atom stereocenters. The van der Waals surface area contributed by atoms with E-state index in [0.717, 1.165) is 27.8 Å². The van der Waals surface area contributed by atoms with Crippen LogP contribution in [0.25, 0.3) is 0 Å². The second kappa shape index (κ2) is 6.30. The van der Waals surface area contributed by atoms with Crippen LogP contribution in [0.15, 0.2) is 46.7 Å². The molecule has 0 radical (unpaired) electrons. The maximum atomic E-state index is 13.1. The highest BCUT2D eigenvalue weighted by atomic mass is 16.2. The summed E-state index contributed by atoms with van der Waals surface area (Å²) in [7, 11) is 0. The zero-order chi connectivity index (χ0) is 19.3. The van der Waals surface area contributed by atoms with E-state index in [1.165, 1.54) is 4.90 Å². The van der Waals surface area contributed by atoms with Gasteiger partial charge >= 0.3 is 0 Å². The molecule has 2 aliphatic rings. The van der Waals surface area contributed by atoms with E-state index in [2.05, 4.69) is 28.5 Å². The SMILES string of the molecule is Cc1ccc(C)c(CN2N=N[C@@H]3C(=O)N(c4ccc(C)c(C)c4)C(=O)[C@@H]32)c1. The Hall–Kier alpha value is -3.02. The van der Waals surface area contributed by atoms with Crippen molar-refractivity contribution in [2.75, 3.05) is 4.90 Å². The molecule has 2 amide bonds. The lowest BCUT2D eigenvalue weighted by Gasteiger charge is -2.22. The summed E-state index contributed by atoms with van der Waals surface area (Å²) >= 11 is 0. The second-order valence-electron chi connectivity index (χ2n) is 7.40. The molecular formula is C21H22N4O2. The molecule has 2 heterocycles. The highest BCUT2D eigenvalue weighted by Gasteiger charge is 2.54. The fourth-order valence-corrected chi connectivity index (χ4v) is 3.62. The van der Waals surface area contributed by atoms with Gasteiger partial charge in [-0.3, -0.25) is 14.6 Å². The lowest BCUT2D eigenvalue weighted by Crippen LogP contribution is -2.39. The Bertz CT molecular complexity index is 982. The minimum absolute atomic E-state index is 0.261. The van der Waals surface area contributed by atoms with Crippen LogP contribution >= 0.6 is 0 Å². The fraction of sp³-hybridized carbons (Fsp3) is 0.333. The van der Waals surface area contributed by atoms with Crippen LogP contribution in [-0.4, -0.2) is 28.9 Å². The van der Waals surface area contributed by atoms with Gasteiger partial charge in [-0.25, -0.2) is 4.90 Å². The number of benzene rings is 2. The van der Waals surface area contributed by atoms with Gasteiger partial charge in [0.1, 0.15) is 0 Å². The predicted octanol–water partition coefficient (Wildman–Crippen LogP) is 3.41. The molecule has 0 bridgehead atoms. The number of hydrogen-bond donors (Lipinski definition) is 0. The molecule has 2 aromatic rings. The van der Waals surface area contributed by atoms with Crippen molar-refractivity contribution in [1.82, 2.24) is 5.01 Å². The van der Waals surface area contributed by atoms with Gasteiger partial charge in [0.05, 0.1) is 12.2 Å². The van der Waals surface area contributed by atoms with Crippen LogP contribution in [0.4, 0.5) is 5.69 Å². The molecule has 27 heavy (non-hydrogen) atoms. The van der Waals surface area contributed by atoms with Gasteiger partial charge in [0.15, 0.2) is 12.1 Å². The molecule has 0 N–H and O–H groups in total. The van der Waals surface area contributed by atoms with Gasteiger partial charge in [-0.1, -0.05) is 35.1 Å². The summed E-state index contributed by atoms with van der Waals surface area (Å²) in [4.78, 5) is 27.2. The number of rotatable bonds is 3. The van der Waals surface area contributed by atoms with Crippen LogP contribution in [0.5, 0.6) is 0 Å². The van der Waals surface area contributed by atoms with E-state index < -0.39 is 12.1 Å². The Kier molecular flexibility index (Phi) is 4.06. The van der Waals surface area contributed by atoms with Crippen LogP contribution in [0.1, 0.15) is 27.8 Å². The highest BCUT2D eigenvalue weighted by Crippen LogP contribution is 2.33. The molecule has 4 rings (SSSR count). The van der Waals surface area contributed by atoms with E-state index in [0.29, 0.717) is 12.2 Å². The van der Waals surface area contributed by atoms with Gasteiger partial charge in [0, 0.05) is 0 Å². The van der Waals surface area contributed by atoms with Crippen LogP contribution < -0.4 is 4.90 Å². The smallest absolute Gasteiger partial charge is 0.263 e. The normalized spacial score (nSPS) is 21.3. The molecule has 1 fully saturated rings. The lowest BCUT2D eigenvalue weighted by atomic mass is 10.0. The number of aryl methyl sites for hydroxylation is 4. The van der Waals surface area contributed by atoms with Gasteiger partial charge in [0.2, 0.25) is 0 Å². The van der Waals surface area contributed by atoms with Crippen LogP contribution in [-0.2, 0) is 16.1 Å². The summed E-state index contributed by atoms with van der Waals surface area (Å²) in [5.41, 5.74) is 6.12. The van der Waals surface area contributed by atoms with Gasteiger partial charge in [-0.2, -0.15) is 5.11 Å². The summed E-state index contributed by atoms with van der Waals surface area (Å²) < 4.78 is 0. The molecule has 138 valence electrons. The summed E-state index contributed by atoms with van der Waals surface area (Å²) in [5, 5.41) is 9.90. The quantitative estimate of drug-likeness (QED) is 0.786. The molecule has 2 aliphatic heterocycles. The molecule has 0 aliphatic carbocycles. The molecule has 0 aromatic heterocycles. The first-order valence-electron chi connectivity index (χ1n) is 9.05. The molecule has 2 atom stereocenters. The monoisotopic (exact) mass is 362 g/mol. The van der Waals surface area contributed by atoms with Gasteiger partial charge in [-0.05, 0) is 62.1 Å². The number of carbonyl (C=O) groups excluding carboxylic acids is 2. The first kappa shape index (κ1) is 17.4. The minimum Gasteiger partial charge on any atom is -0.271 e. The van der Waals surface area contributed by atoms with E-state index >= 15 is 0 Å². The Morgan fingerprint density at radius 3 is 2.37 bits per heavy atom. The first-order chi connectivity index (χ1) is 12.9. The van der Waals surface area contributed by atoms with Crippen LogP contribution in [0.2, 0.25) is 0 Å². The maximum absolute atomic E-state index is 13.1. The van der Waals surface area contributed by atoms with Crippen molar-refractivity contribution in [2.24, 2.45) is 10.3 Å². The van der Waals surface area contributed by atoms with Crippen LogP contribution in [0.3, 0.4) is 0 Å². The summed E-state index contributed by atoms with van der Waals surface area (Å²) in [6.45, 7) is 8.49. The third-order valence-corrected chi connectivity index (χ3v) is 5.44. The minimum atomic E-state index is -0.760. The van der Waals surface area contributed by atoms with E-state index in [9.17, 15) is 9.59 Å². The van der Waals surface area contributed by atoms with Crippen molar-refractivity contribution in [3.63, 3.8) is 0 Å². The van der Waals surface area contributed by atoms with E-state index in [4.69, 9.17) is 0 Å². The Labute approximate surface area is 158 Å². The number of anilines is 1. The van der Waals surface area contributed by atoms with Gasteiger partial charge in [-0.15, -0.1) is 0 Å². The van der Waals surface area contributed by atoms with Crippen LogP contribution in [0, 0.1) is 27.7 Å². The summed E-state index contributed by atoms with van der Waals surface area (Å²) in [6.07, 6.45) is 0. The number of imide groups is 1. The summed E-state index contributed by atoms with van der Waals surface area (Å²) in [6, 6.07) is 10.4. The van der Waals surface area contributed by atoms with Crippen molar-refractivity contribution >= 4 is 17.5 Å². The second-order valence-corrected chi connectivity index (χ2v) is 7.40. The Balaban J connectivity index is 1.63. The largest absolute Gasteiger partial charge is 0.271 e. The predicted molar refractivity (Wildman–Crippen MR) is 102 cm³/mol. The van der Waals surface area contributed by atoms with Gasteiger partial charge in [0.25, 0.3) is 11.8 Å². The van der Waals surface area contributed by atoms with Gasteiger partial charge < -0.3 is 0 Å². The third-order valence-electron chi connectivity index (χ3n) is 5.44. The van der Waals surface area contributed by atoms with Crippen molar-refractivity contribution in [2.45, 2.75) is 46.3 Å². The standard InChI is InChI=1S/C21H22N4O2/c1-12-5-6-14(3)16(9-12)11-24-19-18(22-23-24)20(26)25(21(19)27)17-8-7-13(2)15(4)10-17/h5-10,18-19H,11H2,1-4H3/t18-,19+/m0/s1. The number of hydrogen-bond acceptors (Lipinski definition) is 5. The molecule has 0 spiro atoms. The van der Waals surface area contributed by atoms with E-state index in [1.54, 1.807) is 5.01 Å². The number of carbonyl (C=O) groups is 2. The zero-order valence-electron chi connectivity index (χ0n) is 15.9. The number of fused-ring (bicyclic) bond motifs is 1. The topological polar surface area (TPSA) is 65.3 Å². The zero-order valence-corrected chi connectivity index (χ0v) is 15.9. The molecule has 2 aromatic carbocycles. The Morgan fingerprint density at radius 1 is 0.889 bits per heavy atom. The molecule has 6 heteroatoms. The average Bonchev–Trinajstić information content (AvgIpc) is 3.14. The van der Waals surface area contributed by atoms with E-state index in [-0.39, 0.29) is 11.8 Å². The fourth-order valence-electron chi connectivity index (χ4n) is 3.62. The van der Waals surface area contributed by atoms with Crippen molar-refractivity contribution in [1.29, 1.82) is 0 Å². The molecule has 0 saturated carbocycles. The third kappa shape index (κ3) is 2.81. The Morgan fingerprint density at radius 2 is 1.63 bits per heavy atom. The highest BCUT2D eigenvalue weighted by molar-refractivity contribution is 6.25. The summed E-state index contributed by atoms with van der Waals surface area (Å²) in [5.74, 6) is -0.566. The first-order valence-corrected chi connectivity index (χ1v) is 9.05. The number of nitrogens with zero attached hydrogens (tertiary/aromatic N) is 4. The lowest BCUT2D eigenvalue weighted by molar-refractivity contribution is -0.123. The molecule has 6 nitrogen and oxygen atoms in total. The average molecular weight is 362 g/mol. The van der Waals surface area contributed by atoms with Crippen molar-refractivity contribution in [3.8, 4) is 0 Å². The number of amides is 2. The van der Waals surface area contributed by atoms with E-state index in [1.807, 2.05) is 45.9 Å².